The molecule has 1 aromatic carbocycles. The van der Waals surface area contributed by atoms with Gasteiger partial charge in [0, 0.05) is 5.56 Å². The Kier molecular flexibility index (Phi) is 8.77. The first-order valence-electron chi connectivity index (χ1n) is 10.1. The Balaban J connectivity index is 2.01. The minimum Gasteiger partial charge on any atom is -0.494 e. The highest BCUT2D eigenvalue weighted by molar-refractivity contribution is 7.14. The molecular formula is C22H27N3O6S. The van der Waals surface area contributed by atoms with Crippen LogP contribution in [0, 0.1) is 5.92 Å². The van der Waals surface area contributed by atoms with Gasteiger partial charge in [0.15, 0.2) is 6.10 Å². The predicted molar refractivity (Wildman–Crippen MR) is 121 cm³/mol. The molecule has 0 aliphatic heterocycles. The average molecular weight is 462 g/mol. The molecule has 0 bridgehead atoms. The standard InChI is InChI=1S/C22H27N3O6S/c1-5-30-15-8-6-14(7-9-15)20(28)24-17(12(2)3)22(29)31-13(4)19(27)25-21-16(18(23)26)10-11-32-21/h6-13,17H,5H2,1-4H3,(H2,23,26)(H,24,28)(H,25,27)/t13?,17-/m0/s1. The van der Waals surface area contributed by atoms with Gasteiger partial charge < -0.3 is 25.8 Å². The number of rotatable bonds is 10. The van der Waals surface area contributed by atoms with Gasteiger partial charge in [0.25, 0.3) is 17.7 Å². The molecule has 172 valence electrons. The van der Waals surface area contributed by atoms with Crippen molar-refractivity contribution in [2.24, 2.45) is 11.7 Å². The molecule has 2 aromatic rings. The largest absolute Gasteiger partial charge is 0.494 e. The van der Waals surface area contributed by atoms with Crippen LogP contribution in [-0.2, 0) is 14.3 Å². The quantitative estimate of drug-likeness (QED) is 0.465. The molecule has 32 heavy (non-hydrogen) atoms. The Hall–Kier alpha value is -3.40. The van der Waals surface area contributed by atoms with Crippen molar-refractivity contribution in [2.75, 3.05) is 11.9 Å². The first kappa shape index (κ1) is 24.9. The molecule has 3 amide bonds. The van der Waals surface area contributed by atoms with Crippen molar-refractivity contribution in [3.05, 3.63) is 46.8 Å². The maximum atomic E-state index is 12.7. The summed E-state index contributed by atoms with van der Waals surface area (Å²) in [4.78, 5) is 49.1. The Bertz CT molecular complexity index is 970. The van der Waals surface area contributed by atoms with Crippen molar-refractivity contribution >= 4 is 40.0 Å². The highest BCUT2D eigenvalue weighted by Crippen LogP contribution is 2.23. The van der Waals surface area contributed by atoms with Crippen molar-refractivity contribution in [1.82, 2.24) is 5.32 Å². The van der Waals surface area contributed by atoms with Crippen LogP contribution >= 0.6 is 11.3 Å². The van der Waals surface area contributed by atoms with Crippen molar-refractivity contribution in [3.63, 3.8) is 0 Å². The van der Waals surface area contributed by atoms with E-state index in [0.717, 1.165) is 11.3 Å². The van der Waals surface area contributed by atoms with Crippen LogP contribution in [0.3, 0.4) is 0 Å². The fourth-order valence-electron chi connectivity index (χ4n) is 2.71. The van der Waals surface area contributed by atoms with Crippen LogP contribution in [0.25, 0.3) is 0 Å². The number of benzene rings is 1. The van der Waals surface area contributed by atoms with E-state index >= 15 is 0 Å². The Labute approximate surface area is 190 Å². The second-order valence-corrected chi connectivity index (χ2v) is 8.16. The van der Waals surface area contributed by atoms with Gasteiger partial charge in [-0.2, -0.15) is 0 Å². The van der Waals surface area contributed by atoms with Crippen LogP contribution in [0.5, 0.6) is 5.75 Å². The van der Waals surface area contributed by atoms with E-state index < -0.39 is 35.8 Å². The van der Waals surface area contributed by atoms with Crippen molar-refractivity contribution < 1.29 is 28.7 Å². The molecule has 0 saturated carbocycles. The topological polar surface area (TPSA) is 137 Å². The minimum atomic E-state index is -1.16. The maximum absolute atomic E-state index is 12.7. The Morgan fingerprint density at radius 3 is 2.28 bits per heavy atom. The van der Waals surface area contributed by atoms with Gasteiger partial charge in [-0.15, -0.1) is 11.3 Å². The minimum absolute atomic E-state index is 0.171. The lowest BCUT2D eigenvalue weighted by Gasteiger charge is -2.23. The Morgan fingerprint density at radius 2 is 1.72 bits per heavy atom. The fraction of sp³-hybridized carbons (Fsp3) is 0.364. The van der Waals surface area contributed by atoms with E-state index in [9.17, 15) is 19.2 Å². The normalized spacial score (nSPS) is 12.5. The molecule has 0 fully saturated rings. The van der Waals surface area contributed by atoms with E-state index in [1.54, 1.807) is 43.5 Å². The molecule has 2 atom stereocenters. The summed E-state index contributed by atoms with van der Waals surface area (Å²) in [5.74, 6) is -2.16. The number of hydrogen-bond donors (Lipinski definition) is 3. The lowest BCUT2D eigenvalue weighted by Crippen LogP contribution is -2.47. The summed E-state index contributed by atoms with van der Waals surface area (Å²) in [7, 11) is 0. The molecule has 0 spiro atoms. The van der Waals surface area contributed by atoms with Crippen LogP contribution in [0.1, 0.15) is 48.4 Å². The third-order valence-electron chi connectivity index (χ3n) is 4.46. The summed E-state index contributed by atoms with van der Waals surface area (Å²) in [6.45, 7) is 7.27. The third kappa shape index (κ3) is 6.55. The number of amides is 3. The average Bonchev–Trinajstić information content (AvgIpc) is 3.20. The zero-order valence-corrected chi connectivity index (χ0v) is 19.2. The number of thiophene rings is 1. The number of carbonyl (C=O) groups is 4. The van der Waals surface area contributed by atoms with Crippen LogP contribution < -0.4 is 21.1 Å². The highest BCUT2D eigenvalue weighted by atomic mass is 32.1. The molecule has 4 N–H and O–H groups in total. The molecule has 0 radical (unpaired) electrons. The van der Waals surface area contributed by atoms with Gasteiger partial charge in [0.05, 0.1) is 12.2 Å². The third-order valence-corrected chi connectivity index (χ3v) is 5.29. The number of esters is 1. The number of carbonyl (C=O) groups excluding carboxylic acids is 4. The van der Waals surface area contributed by atoms with E-state index in [4.69, 9.17) is 15.2 Å². The van der Waals surface area contributed by atoms with E-state index in [2.05, 4.69) is 10.6 Å². The molecule has 0 aliphatic carbocycles. The number of hydrogen-bond acceptors (Lipinski definition) is 7. The fourth-order valence-corrected chi connectivity index (χ4v) is 3.50. The van der Waals surface area contributed by atoms with Gasteiger partial charge in [-0.3, -0.25) is 14.4 Å². The van der Waals surface area contributed by atoms with Crippen molar-refractivity contribution in [1.29, 1.82) is 0 Å². The molecule has 1 unspecified atom stereocenters. The second kappa shape index (κ2) is 11.3. The van der Waals surface area contributed by atoms with Gasteiger partial charge in [-0.25, -0.2) is 4.79 Å². The summed E-state index contributed by atoms with van der Waals surface area (Å²) in [5.41, 5.74) is 5.79. The van der Waals surface area contributed by atoms with Gasteiger partial charge >= 0.3 is 5.97 Å². The van der Waals surface area contributed by atoms with Crippen molar-refractivity contribution in [3.8, 4) is 5.75 Å². The summed E-state index contributed by atoms with van der Waals surface area (Å²) in [6.07, 6.45) is -1.16. The lowest BCUT2D eigenvalue weighted by molar-refractivity contribution is -0.156. The highest BCUT2D eigenvalue weighted by Gasteiger charge is 2.29. The van der Waals surface area contributed by atoms with Crippen LogP contribution in [0.4, 0.5) is 5.00 Å². The van der Waals surface area contributed by atoms with Gasteiger partial charge in [-0.1, -0.05) is 13.8 Å². The first-order valence-corrected chi connectivity index (χ1v) is 10.9. The molecule has 9 nitrogen and oxygen atoms in total. The number of nitrogens with two attached hydrogens (primary N) is 1. The first-order chi connectivity index (χ1) is 15.1. The number of ether oxygens (including phenoxy) is 2. The van der Waals surface area contributed by atoms with E-state index in [-0.39, 0.29) is 16.5 Å². The summed E-state index contributed by atoms with van der Waals surface area (Å²) >= 11 is 1.12. The Morgan fingerprint density at radius 1 is 1.06 bits per heavy atom. The molecule has 1 aromatic heterocycles. The number of nitrogens with one attached hydrogen (secondary N) is 2. The molecule has 10 heteroatoms. The molecule has 2 rings (SSSR count). The maximum Gasteiger partial charge on any atom is 0.329 e. The zero-order valence-electron chi connectivity index (χ0n) is 18.3. The SMILES string of the molecule is CCOc1ccc(C(=O)N[C@H](C(=O)OC(C)C(=O)Nc2sccc2C(N)=O)C(C)C)cc1. The van der Waals surface area contributed by atoms with E-state index in [1.807, 2.05) is 6.92 Å². The lowest BCUT2D eigenvalue weighted by atomic mass is 10.0. The summed E-state index contributed by atoms with van der Waals surface area (Å²) in [5, 5.41) is 7.06. The van der Waals surface area contributed by atoms with Crippen LogP contribution in [0.15, 0.2) is 35.7 Å². The summed E-state index contributed by atoms with van der Waals surface area (Å²) in [6, 6.07) is 7.04. The van der Waals surface area contributed by atoms with Crippen molar-refractivity contribution in [2.45, 2.75) is 39.8 Å². The second-order valence-electron chi connectivity index (χ2n) is 7.25. The zero-order chi connectivity index (χ0) is 23.8. The predicted octanol–water partition coefficient (Wildman–Crippen LogP) is 2.57. The molecule has 0 aliphatic rings. The van der Waals surface area contributed by atoms with Gasteiger partial charge in [0.1, 0.15) is 16.8 Å². The monoisotopic (exact) mass is 461 g/mol. The van der Waals surface area contributed by atoms with E-state index in [1.165, 1.54) is 13.0 Å². The van der Waals surface area contributed by atoms with Gasteiger partial charge in [0.2, 0.25) is 0 Å². The smallest absolute Gasteiger partial charge is 0.329 e. The van der Waals surface area contributed by atoms with Crippen LogP contribution in [-0.4, -0.2) is 42.4 Å². The van der Waals surface area contributed by atoms with E-state index in [0.29, 0.717) is 17.9 Å². The number of anilines is 1. The molecule has 1 heterocycles. The van der Waals surface area contributed by atoms with Gasteiger partial charge in [-0.05, 0) is 55.5 Å². The molecular weight excluding hydrogens is 434 g/mol. The van der Waals surface area contributed by atoms with Crippen LogP contribution in [0.2, 0.25) is 0 Å². The summed E-state index contributed by atoms with van der Waals surface area (Å²) < 4.78 is 10.6. The molecule has 0 saturated heterocycles. The number of primary amides is 1.